The molecule has 5 aliphatic rings. The summed E-state index contributed by atoms with van der Waals surface area (Å²) in [6.45, 7) is 14.3. The molecule has 9 atom stereocenters. The number of carbonyl (C=O) groups is 1. The highest BCUT2D eigenvalue weighted by molar-refractivity contribution is 5.76. The third-order valence-electron chi connectivity index (χ3n) is 13.2. The number of aliphatic hydroxyl groups excluding tert-OH is 2. The average Bonchev–Trinajstić information content (AvgIpc) is 2.76. The van der Waals surface area contributed by atoms with E-state index in [1.54, 1.807) is 0 Å². The van der Waals surface area contributed by atoms with Gasteiger partial charge in [-0.25, -0.2) is 0 Å². The summed E-state index contributed by atoms with van der Waals surface area (Å²) in [4.78, 5) is 12.8. The van der Waals surface area contributed by atoms with Gasteiger partial charge in [0, 0.05) is 5.41 Å². The molecule has 4 heteroatoms. The molecule has 192 valence electrons. The minimum absolute atomic E-state index is 0.0204. The topological polar surface area (TPSA) is 77.8 Å². The molecular weight excluding hydrogens is 424 g/mol. The van der Waals surface area contributed by atoms with Crippen molar-refractivity contribution in [2.24, 2.45) is 50.2 Å². The number of aliphatic hydroxyl groups is 2. The third-order valence-corrected chi connectivity index (χ3v) is 13.2. The Kier molecular flexibility index (Phi) is 5.36. The fourth-order valence-corrected chi connectivity index (χ4v) is 10.7. The Bertz CT molecular complexity index is 907. The zero-order valence-corrected chi connectivity index (χ0v) is 22.4. The molecule has 0 aromatic heterocycles. The molecule has 0 amide bonds. The van der Waals surface area contributed by atoms with Gasteiger partial charge in [-0.3, -0.25) is 4.79 Å². The van der Waals surface area contributed by atoms with Crippen LogP contribution < -0.4 is 0 Å². The van der Waals surface area contributed by atoms with Gasteiger partial charge < -0.3 is 15.3 Å². The van der Waals surface area contributed by atoms with E-state index >= 15 is 0 Å². The highest BCUT2D eigenvalue weighted by Crippen LogP contribution is 2.75. The second-order valence-corrected chi connectivity index (χ2v) is 14.9. The molecule has 0 bridgehead atoms. The van der Waals surface area contributed by atoms with Crippen LogP contribution in [-0.2, 0) is 4.79 Å². The standard InChI is InChI=1S/C30H48O4/c1-25(2)13-15-30(24(33)34)16-14-28(5)19(20(30)17-25)7-8-22-26(3)11-10-23(32)27(4,18-31)21(26)9-12-29(22,28)6/h7,20-23,31-32H,8-18H2,1-6H3,(H,33,34)/t20?,21-,22-,23+,26+,27+,28-,29-,30+/m1/s1. The van der Waals surface area contributed by atoms with Gasteiger partial charge >= 0.3 is 5.97 Å². The first-order chi connectivity index (χ1) is 15.7. The number of aliphatic carboxylic acids is 1. The lowest BCUT2D eigenvalue weighted by molar-refractivity contribution is -0.216. The van der Waals surface area contributed by atoms with Crippen molar-refractivity contribution in [3.8, 4) is 0 Å². The van der Waals surface area contributed by atoms with Crippen LogP contribution in [0.3, 0.4) is 0 Å². The normalized spacial score (nSPS) is 54.1. The predicted molar refractivity (Wildman–Crippen MR) is 134 cm³/mol. The molecule has 0 radical (unpaired) electrons. The maximum Gasteiger partial charge on any atom is 0.310 e. The molecule has 4 saturated carbocycles. The van der Waals surface area contributed by atoms with Crippen LogP contribution in [0.5, 0.6) is 0 Å². The molecule has 5 aliphatic carbocycles. The minimum Gasteiger partial charge on any atom is -0.481 e. The van der Waals surface area contributed by atoms with Crippen LogP contribution >= 0.6 is 0 Å². The zero-order chi connectivity index (χ0) is 24.9. The van der Waals surface area contributed by atoms with Crippen molar-refractivity contribution in [3.05, 3.63) is 11.6 Å². The number of carboxylic acids is 1. The number of hydrogen-bond donors (Lipinski definition) is 3. The van der Waals surface area contributed by atoms with Crippen LogP contribution in [-0.4, -0.2) is 34.0 Å². The fraction of sp³-hybridized carbons (Fsp3) is 0.900. The number of allylic oxidation sites excluding steroid dienone is 2. The van der Waals surface area contributed by atoms with Crippen molar-refractivity contribution in [3.63, 3.8) is 0 Å². The van der Waals surface area contributed by atoms with Crippen LogP contribution in [0.25, 0.3) is 0 Å². The summed E-state index contributed by atoms with van der Waals surface area (Å²) in [5.74, 6) is 0.395. The van der Waals surface area contributed by atoms with Crippen molar-refractivity contribution in [1.82, 2.24) is 0 Å². The lowest BCUT2D eigenvalue weighted by Gasteiger charge is -2.71. The Labute approximate surface area is 206 Å². The van der Waals surface area contributed by atoms with Crippen LogP contribution in [0.15, 0.2) is 11.6 Å². The molecule has 0 saturated heterocycles. The fourth-order valence-electron chi connectivity index (χ4n) is 10.7. The molecule has 0 spiro atoms. The van der Waals surface area contributed by atoms with Crippen molar-refractivity contribution in [1.29, 1.82) is 0 Å². The largest absolute Gasteiger partial charge is 0.481 e. The summed E-state index contributed by atoms with van der Waals surface area (Å²) in [6, 6.07) is 0. The van der Waals surface area contributed by atoms with Crippen molar-refractivity contribution >= 4 is 5.97 Å². The number of carboxylic acid groups (broad SMARTS) is 1. The highest BCUT2D eigenvalue weighted by Gasteiger charge is 2.69. The molecule has 0 heterocycles. The number of rotatable bonds is 2. The van der Waals surface area contributed by atoms with Gasteiger partial charge in [0.25, 0.3) is 0 Å². The van der Waals surface area contributed by atoms with Gasteiger partial charge in [-0.2, -0.15) is 0 Å². The second-order valence-electron chi connectivity index (χ2n) is 14.9. The summed E-state index contributed by atoms with van der Waals surface area (Å²) in [5, 5.41) is 31.8. The average molecular weight is 473 g/mol. The van der Waals surface area contributed by atoms with E-state index in [1.807, 2.05) is 0 Å². The Hall–Kier alpha value is -0.870. The first-order valence-electron chi connectivity index (χ1n) is 13.9. The van der Waals surface area contributed by atoms with Gasteiger partial charge in [-0.15, -0.1) is 0 Å². The van der Waals surface area contributed by atoms with Crippen LogP contribution in [0, 0.1) is 50.2 Å². The van der Waals surface area contributed by atoms with Crippen LogP contribution in [0.1, 0.15) is 106 Å². The van der Waals surface area contributed by atoms with E-state index in [4.69, 9.17) is 0 Å². The number of hydrogen-bond acceptors (Lipinski definition) is 3. The zero-order valence-electron chi connectivity index (χ0n) is 22.4. The lowest BCUT2D eigenvalue weighted by Crippen LogP contribution is -2.65. The summed E-state index contributed by atoms with van der Waals surface area (Å²) in [5.41, 5.74) is 0.858. The molecule has 5 rings (SSSR count). The quantitative estimate of drug-likeness (QED) is 0.418. The Morgan fingerprint density at radius 2 is 1.62 bits per heavy atom. The monoisotopic (exact) mass is 472 g/mol. The smallest absolute Gasteiger partial charge is 0.310 e. The molecular formula is C30H48O4. The van der Waals surface area contributed by atoms with Crippen LogP contribution in [0.2, 0.25) is 0 Å². The summed E-state index contributed by atoms with van der Waals surface area (Å²) in [7, 11) is 0. The highest BCUT2D eigenvalue weighted by atomic mass is 16.4. The second kappa shape index (κ2) is 7.34. The third kappa shape index (κ3) is 2.88. The molecule has 34 heavy (non-hydrogen) atoms. The predicted octanol–water partition coefficient (Wildman–Crippen LogP) is 6.21. The summed E-state index contributed by atoms with van der Waals surface area (Å²) < 4.78 is 0. The first-order valence-corrected chi connectivity index (χ1v) is 13.9. The molecule has 4 nitrogen and oxygen atoms in total. The Morgan fingerprint density at radius 1 is 0.941 bits per heavy atom. The van der Waals surface area contributed by atoms with E-state index in [0.717, 1.165) is 64.2 Å². The van der Waals surface area contributed by atoms with E-state index < -0.39 is 22.9 Å². The molecule has 0 aromatic rings. The molecule has 1 unspecified atom stereocenters. The van der Waals surface area contributed by atoms with Crippen molar-refractivity contribution < 1.29 is 20.1 Å². The van der Waals surface area contributed by atoms with Gasteiger partial charge in [0.1, 0.15) is 0 Å². The van der Waals surface area contributed by atoms with E-state index in [0.29, 0.717) is 11.8 Å². The van der Waals surface area contributed by atoms with Gasteiger partial charge in [-0.05, 0) is 104 Å². The van der Waals surface area contributed by atoms with E-state index in [1.165, 1.54) is 5.57 Å². The lowest BCUT2D eigenvalue weighted by atomic mass is 9.33. The number of fused-ring (bicyclic) bond motifs is 7. The van der Waals surface area contributed by atoms with Gasteiger partial charge in [0.15, 0.2) is 0 Å². The summed E-state index contributed by atoms with van der Waals surface area (Å²) >= 11 is 0. The van der Waals surface area contributed by atoms with Crippen LogP contribution in [0.4, 0.5) is 0 Å². The maximum absolute atomic E-state index is 12.8. The van der Waals surface area contributed by atoms with Crippen molar-refractivity contribution in [2.75, 3.05) is 6.61 Å². The van der Waals surface area contributed by atoms with E-state index in [9.17, 15) is 20.1 Å². The van der Waals surface area contributed by atoms with E-state index in [2.05, 4.69) is 47.6 Å². The first kappa shape index (κ1) is 24.8. The Morgan fingerprint density at radius 3 is 2.26 bits per heavy atom. The van der Waals surface area contributed by atoms with Gasteiger partial charge in [-0.1, -0.05) is 53.2 Å². The van der Waals surface area contributed by atoms with Gasteiger partial charge in [0.2, 0.25) is 0 Å². The summed E-state index contributed by atoms with van der Waals surface area (Å²) in [6.07, 6.45) is 11.6. The maximum atomic E-state index is 12.8. The Balaban J connectivity index is 1.60. The van der Waals surface area contributed by atoms with E-state index in [-0.39, 0.29) is 34.2 Å². The molecule has 4 fully saturated rings. The van der Waals surface area contributed by atoms with Gasteiger partial charge in [0.05, 0.1) is 18.1 Å². The SMILES string of the molecule is CC1(C)CC[C@]2(C(=O)O)CC[C@]3(C)C(=CC[C@@H]4[C@@]5(C)CC[C@H](O)[C@@](C)(CO)[C@@H]5CC[C@]43C)C2C1. The minimum atomic E-state index is -0.588. The molecule has 0 aliphatic heterocycles. The van der Waals surface area contributed by atoms with Crippen molar-refractivity contribution in [2.45, 2.75) is 112 Å². The molecule has 3 N–H and O–H groups in total. The molecule has 0 aromatic carbocycles.